The standard InChI is InChI=1S/C17H24O2Se/c1-19-15(13-20-16-8-4-2-5-9-16)12-17(14-18)10-6-3-7-11-17/h2,4-5,8-9,14-15H,3,6-7,10-13H2,1H3. The Bertz CT molecular complexity index is 399. The normalized spacial score (nSPS) is 19.4. The molecule has 1 fully saturated rings. The minimum absolute atomic E-state index is 0.105. The van der Waals surface area contributed by atoms with Crippen molar-refractivity contribution in [2.75, 3.05) is 7.11 Å². The maximum atomic E-state index is 11.6. The quantitative estimate of drug-likeness (QED) is 0.564. The molecule has 0 spiro atoms. The second kappa shape index (κ2) is 7.97. The van der Waals surface area contributed by atoms with Crippen LogP contribution in [0, 0.1) is 5.41 Å². The summed E-state index contributed by atoms with van der Waals surface area (Å²) in [4.78, 5) is 11.6. The van der Waals surface area contributed by atoms with Crippen LogP contribution in [-0.4, -0.2) is 34.5 Å². The first-order valence-electron chi connectivity index (χ1n) is 7.45. The average molecular weight is 339 g/mol. The van der Waals surface area contributed by atoms with Crippen molar-refractivity contribution in [2.45, 2.75) is 49.9 Å². The summed E-state index contributed by atoms with van der Waals surface area (Å²) < 4.78 is 7.07. The number of rotatable bonds is 7. The molecule has 0 N–H and O–H groups in total. The Hall–Kier alpha value is -0.631. The number of hydrogen-bond donors (Lipinski definition) is 0. The average Bonchev–Trinajstić information content (AvgIpc) is 2.53. The summed E-state index contributed by atoms with van der Waals surface area (Å²) in [6, 6.07) is 10.6. The molecule has 0 radical (unpaired) electrons. The first-order valence-corrected chi connectivity index (χ1v) is 9.52. The molecule has 20 heavy (non-hydrogen) atoms. The van der Waals surface area contributed by atoms with Gasteiger partial charge >= 0.3 is 128 Å². The summed E-state index contributed by atoms with van der Waals surface area (Å²) in [6.07, 6.45) is 8.11. The summed E-state index contributed by atoms with van der Waals surface area (Å²) in [5.41, 5.74) is -0.105. The molecule has 1 aliphatic carbocycles. The minimum atomic E-state index is -0.105. The number of methoxy groups -OCH3 is 1. The molecule has 1 aliphatic rings. The van der Waals surface area contributed by atoms with Crippen molar-refractivity contribution in [3.8, 4) is 0 Å². The topological polar surface area (TPSA) is 26.3 Å². The Kier molecular flexibility index (Phi) is 6.28. The Morgan fingerprint density at radius 3 is 2.55 bits per heavy atom. The van der Waals surface area contributed by atoms with Crippen molar-refractivity contribution >= 4 is 25.7 Å². The van der Waals surface area contributed by atoms with E-state index in [1.165, 1.54) is 30.0 Å². The fourth-order valence-corrected chi connectivity index (χ4v) is 5.06. The summed E-state index contributed by atoms with van der Waals surface area (Å²) in [6.45, 7) is 0. The van der Waals surface area contributed by atoms with Crippen LogP contribution < -0.4 is 4.46 Å². The van der Waals surface area contributed by atoms with Crippen molar-refractivity contribution in [3.63, 3.8) is 0 Å². The zero-order valence-corrected chi connectivity index (χ0v) is 13.9. The van der Waals surface area contributed by atoms with Crippen molar-refractivity contribution < 1.29 is 9.53 Å². The molecular formula is C17H24O2Se. The summed E-state index contributed by atoms with van der Waals surface area (Å²) in [5, 5.41) is 1.06. The third-order valence-electron chi connectivity index (χ3n) is 4.25. The second-order valence-corrected chi connectivity index (χ2v) is 8.02. The van der Waals surface area contributed by atoms with Crippen molar-refractivity contribution in [1.82, 2.24) is 0 Å². The molecular weight excluding hydrogens is 315 g/mol. The fraction of sp³-hybridized carbons (Fsp3) is 0.588. The number of hydrogen-bond acceptors (Lipinski definition) is 2. The Morgan fingerprint density at radius 1 is 1.25 bits per heavy atom. The molecule has 1 atom stereocenters. The molecule has 110 valence electrons. The van der Waals surface area contributed by atoms with Crippen LogP contribution in [0.1, 0.15) is 38.5 Å². The molecule has 0 saturated heterocycles. The van der Waals surface area contributed by atoms with Gasteiger partial charge in [0.2, 0.25) is 0 Å². The number of benzene rings is 1. The molecule has 1 aromatic carbocycles. The molecule has 1 unspecified atom stereocenters. The van der Waals surface area contributed by atoms with Crippen LogP contribution in [0.15, 0.2) is 30.3 Å². The van der Waals surface area contributed by atoms with E-state index in [0.717, 1.165) is 24.6 Å². The van der Waals surface area contributed by atoms with Gasteiger partial charge in [0, 0.05) is 0 Å². The van der Waals surface area contributed by atoms with E-state index in [0.29, 0.717) is 15.0 Å². The van der Waals surface area contributed by atoms with Crippen LogP contribution in [0.25, 0.3) is 0 Å². The molecule has 0 aromatic heterocycles. The van der Waals surface area contributed by atoms with Gasteiger partial charge in [-0.3, -0.25) is 0 Å². The van der Waals surface area contributed by atoms with Crippen LogP contribution in [0.5, 0.6) is 0 Å². The molecule has 0 aliphatic heterocycles. The zero-order valence-electron chi connectivity index (χ0n) is 12.2. The van der Waals surface area contributed by atoms with Crippen LogP contribution in [0.4, 0.5) is 0 Å². The first-order chi connectivity index (χ1) is 9.78. The van der Waals surface area contributed by atoms with Gasteiger partial charge in [-0.25, -0.2) is 0 Å². The van der Waals surface area contributed by atoms with Gasteiger partial charge in [0.15, 0.2) is 0 Å². The predicted molar refractivity (Wildman–Crippen MR) is 83.6 cm³/mol. The van der Waals surface area contributed by atoms with E-state index >= 15 is 0 Å². The van der Waals surface area contributed by atoms with Crippen LogP contribution in [-0.2, 0) is 9.53 Å². The first kappa shape index (κ1) is 15.8. The van der Waals surface area contributed by atoms with Gasteiger partial charge in [0.1, 0.15) is 0 Å². The molecule has 2 nitrogen and oxygen atoms in total. The summed E-state index contributed by atoms with van der Waals surface area (Å²) >= 11 is 0.431. The van der Waals surface area contributed by atoms with Crippen molar-refractivity contribution in [3.05, 3.63) is 30.3 Å². The SMILES string of the molecule is COC(C[Se]c1ccccc1)CC1(C=O)CCCCC1. The fourth-order valence-electron chi connectivity index (χ4n) is 3.00. The summed E-state index contributed by atoms with van der Waals surface area (Å²) in [7, 11) is 1.78. The van der Waals surface area contributed by atoms with Gasteiger partial charge in [-0.15, -0.1) is 0 Å². The molecule has 3 heteroatoms. The predicted octanol–water partition coefficient (Wildman–Crippen LogP) is 2.99. The van der Waals surface area contributed by atoms with Gasteiger partial charge in [0.05, 0.1) is 0 Å². The third kappa shape index (κ3) is 4.44. The molecule has 0 amide bonds. The number of aldehydes is 1. The van der Waals surface area contributed by atoms with E-state index in [9.17, 15) is 4.79 Å². The van der Waals surface area contributed by atoms with E-state index in [1.54, 1.807) is 7.11 Å². The monoisotopic (exact) mass is 340 g/mol. The number of ether oxygens (including phenoxy) is 1. The van der Waals surface area contributed by atoms with E-state index in [-0.39, 0.29) is 11.5 Å². The Labute approximate surface area is 128 Å². The second-order valence-electron chi connectivity index (χ2n) is 5.73. The van der Waals surface area contributed by atoms with E-state index in [4.69, 9.17) is 4.74 Å². The van der Waals surface area contributed by atoms with Crippen molar-refractivity contribution in [2.24, 2.45) is 5.41 Å². The third-order valence-corrected chi connectivity index (χ3v) is 6.65. The van der Waals surface area contributed by atoms with Crippen molar-refractivity contribution in [1.29, 1.82) is 0 Å². The Morgan fingerprint density at radius 2 is 1.95 bits per heavy atom. The molecule has 1 aromatic rings. The van der Waals surface area contributed by atoms with Crippen LogP contribution >= 0.6 is 0 Å². The number of carbonyl (C=O) groups is 1. The van der Waals surface area contributed by atoms with E-state index in [2.05, 4.69) is 30.3 Å². The van der Waals surface area contributed by atoms with E-state index < -0.39 is 0 Å². The zero-order chi connectivity index (χ0) is 14.3. The number of carbonyl (C=O) groups excluding carboxylic acids is 1. The maximum absolute atomic E-state index is 11.6. The summed E-state index contributed by atoms with van der Waals surface area (Å²) in [5.74, 6) is 0. The Balaban J connectivity index is 1.89. The van der Waals surface area contributed by atoms with Gasteiger partial charge in [-0.1, -0.05) is 0 Å². The van der Waals surface area contributed by atoms with Crippen LogP contribution in [0.2, 0.25) is 5.32 Å². The van der Waals surface area contributed by atoms with Gasteiger partial charge < -0.3 is 0 Å². The van der Waals surface area contributed by atoms with Gasteiger partial charge in [0.25, 0.3) is 0 Å². The van der Waals surface area contributed by atoms with E-state index in [1.807, 2.05) is 0 Å². The molecule has 0 heterocycles. The van der Waals surface area contributed by atoms with Crippen LogP contribution in [0.3, 0.4) is 0 Å². The van der Waals surface area contributed by atoms with Gasteiger partial charge in [-0.05, 0) is 0 Å². The van der Waals surface area contributed by atoms with Gasteiger partial charge in [-0.2, -0.15) is 0 Å². The molecule has 0 bridgehead atoms. The molecule has 1 saturated carbocycles. The molecule has 2 rings (SSSR count).